The number of carbonyl (C=O) groups excluding carboxylic acids is 3. The van der Waals surface area contributed by atoms with Crippen molar-refractivity contribution in [3.63, 3.8) is 0 Å². The van der Waals surface area contributed by atoms with Gasteiger partial charge >= 0.3 is 0 Å². The SMILES string of the molecule is CC1(C)CC(C=C(c2ccc(N3CCC(CN4CCN(c5ccc6c(c5)CN(C5CCC(=O)NC5=O)C6=O)CC4)CC3)nc2)c2ccc3c(c2)c(F)cn3C2CCOCC2)CC(C)(C)O1. The number of benzene rings is 2. The molecule has 344 valence electrons. The number of rotatable bonds is 9. The summed E-state index contributed by atoms with van der Waals surface area (Å²) in [4.78, 5) is 51.6. The summed E-state index contributed by atoms with van der Waals surface area (Å²) < 4.78 is 29.9. The van der Waals surface area contributed by atoms with E-state index in [2.05, 4.69) is 88.7 Å². The van der Waals surface area contributed by atoms with Crippen LogP contribution in [0.5, 0.6) is 0 Å². The third kappa shape index (κ3) is 9.21. The standard InChI is InChI=1S/C52H64FN7O5/c1-51(2)28-35(29-52(3,4)65-51)25-42(36-5-9-45-43(27-36)44(53)33-59(45)39-15-23-64-24-16-39)37-6-11-47(54-30-37)58-17-13-34(14-18-58)31-56-19-21-57(22-20-56)40-7-8-41-38(26-40)32-60(50(41)63)46-10-12-48(61)55-49(46)62/h5-9,11,25-27,30,33-35,39,46H,10,12-24,28-29,31-32H2,1-4H3,(H,55,61,62). The summed E-state index contributed by atoms with van der Waals surface area (Å²) in [6, 6.07) is 16.4. The molecule has 65 heavy (non-hydrogen) atoms. The summed E-state index contributed by atoms with van der Waals surface area (Å²) in [5.41, 5.74) is 6.26. The molecule has 6 aliphatic rings. The van der Waals surface area contributed by atoms with Crippen LogP contribution in [0.25, 0.3) is 16.5 Å². The molecule has 5 fully saturated rings. The number of halogens is 1. The van der Waals surface area contributed by atoms with Crippen LogP contribution in [0.15, 0.2) is 67.0 Å². The maximum absolute atomic E-state index is 15.7. The lowest BCUT2D eigenvalue weighted by atomic mass is 9.79. The molecule has 8 heterocycles. The average molecular weight is 886 g/mol. The number of amides is 3. The first-order valence-electron chi connectivity index (χ1n) is 24.0. The van der Waals surface area contributed by atoms with E-state index in [1.165, 1.54) is 0 Å². The molecule has 1 atom stereocenters. The van der Waals surface area contributed by atoms with Crippen molar-refractivity contribution < 1.29 is 28.2 Å². The first-order chi connectivity index (χ1) is 31.3. The van der Waals surface area contributed by atoms with Gasteiger partial charge in [0.05, 0.1) is 16.7 Å². The summed E-state index contributed by atoms with van der Waals surface area (Å²) in [6.45, 7) is 17.4. The van der Waals surface area contributed by atoms with Crippen LogP contribution in [0, 0.1) is 17.7 Å². The first-order valence-corrected chi connectivity index (χ1v) is 24.0. The molecule has 0 spiro atoms. The van der Waals surface area contributed by atoms with E-state index in [-0.39, 0.29) is 53.1 Å². The van der Waals surface area contributed by atoms with Crippen molar-refractivity contribution in [1.82, 2.24) is 24.7 Å². The number of anilines is 2. The van der Waals surface area contributed by atoms with Gasteiger partial charge in [-0.2, -0.15) is 0 Å². The van der Waals surface area contributed by atoms with Gasteiger partial charge in [-0.3, -0.25) is 24.6 Å². The molecule has 0 aliphatic carbocycles. The van der Waals surface area contributed by atoms with E-state index < -0.39 is 6.04 Å². The number of piperazine rings is 1. The molecule has 13 heteroatoms. The van der Waals surface area contributed by atoms with E-state index in [9.17, 15) is 14.4 Å². The number of hydrogen-bond donors (Lipinski definition) is 1. The van der Waals surface area contributed by atoms with E-state index in [0.717, 1.165) is 124 Å². The summed E-state index contributed by atoms with van der Waals surface area (Å²) in [7, 11) is 0. The Morgan fingerprint density at radius 2 is 1.58 bits per heavy atom. The van der Waals surface area contributed by atoms with E-state index in [4.69, 9.17) is 14.5 Å². The quantitative estimate of drug-likeness (QED) is 0.169. The smallest absolute Gasteiger partial charge is 0.255 e. The Kier molecular flexibility index (Phi) is 11.9. The monoisotopic (exact) mass is 885 g/mol. The number of ether oxygens (including phenoxy) is 2. The van der Waals surface area contributed by atoms with Crippen LogP contribution in [0.4, 0.5) is 15.9 Å². The Morgan fingerprint density at radius 1 is 0.846 bits per heavy atom. The molecule has 0 bridgehead atoms. The molecule has 10 rings (SSSR count). The minimum atomic E-state index is -0.601. The summed E-state index contributed by atoms with van der Waals surface area (Å²) >= 11 is 0. The van der Waals surface area contributed by atoms with Crippen LogP contribution in [-0.2, 0) is 25.6 Å². The molecule has 0 saturated carbocycles. The number of piperidine rings is 2. The van der Waals surface area contributed by atoms with Gasteiger partial charge < -0.3 is 28.7 Å². The van der Waals surface area contributed by atoms with Gasteiger partial charge in [0, 0.05) is 113 Å². The molecule has 1 N–H and O–H groups in total. The maximum atomic E-state index is 15.7. The van der Waals surface area contributed by atoms with Crippen molar-refractivity contribution in [2.45, 2.75) is 109 Å². The highest BCUT2D eigenvalue weighted by molar-refractivity contribution is 6.05. The molecule has 1 unspecified atom stereocenters. The van der Waals surface area contributed by atoms with E-state index >= 15 is 4.39 Å². The van der Waals surface area contributed by atoms with Gasteiger partial charge in [-0.15, -0.1) is 0 Å². The van der Waals surface area contributed by atoms with Crippen molar-refractivity contribution in [1.29, 1.82) is 0 Å². The van der Waals surface area contributed by atoms with Crippen LogP contribution in [0.1, 0.15) is 112 Å². The molecule has 5 saturated heterocycles. The number of nitrogens with zero attached hydrogens (tertiary/aromatic N) is 6. The first kappa shape index (κ1) is 43.8. The second kappa shape index (κ2) is 17.6. The fraction of sp³-hybridized carbons (Fsp3) is 0.538. The van der Waals surface area contributed by atoms with Crippen molar-refractivity contribution >= 4 is 45.7 Å². The van der Waals surface area contributed by atoms with Crippen LogP contribution in [0.2, 0.25) is 0 Å². The predicted molar refractivity (Wildman–Crippen MR) is 250 cm³/mol. The molecule has 2 aromatic heterocycles. The number of nitrogens with one attached hydrogen (secondary N) is 1. The number of aromatic nitrogens is 2. The Balaban J connectivity index is 0.771. The van der Waals surface area contributed by atoms with Crippen molar-refractivity contribution in [2.24, 2.45) is 11.8 Å². The van der Waals surface area contributed by atoms with Gasteiger partial charge in [-0.25, -0.2) is 9.37 Å². The van der Waals surface area contributed by atoms with Gasteiger partial charge in [0.1, 0.15) is 17.7 Å². The normalized spacial score (nSPS) is 24.0. The second-order valence-corrected chi connectivity index (χ2v) is 20.7. The highest BCUT2D eigenvalue weighted by atomic mass is 19.1. The Hall–Kier alpha value is -5.11. The zero-order chi connectivity index (χ0) is 45.0. The number of allylic oxidation sites excluding steroid dienone is 1. The Morgan fingerprint density at radius 3 is 2.29 bits per heavy atom. The molecular formula is C52H64FN7O5. The van der Waals surface area contributed by atoms with Gasteiger partial charge in [0.25, 0.3) is 5.91 Å². The molecule has 0 radical (unpaired) electrons. The number of carbonyl (C=O) groups is 3. The van der Waals surface area contributed by atoms with Crippen LogP contribution in [-0.4, -0.2) is 113 Å². The van der Waals surface area contributed by atoms with Crippen LogP contribution in [0.3, 0.4) is 0 Å². The number of pyridine rings is 1. The highest BCUT2D eigenvalue weighted by Gasteiger charge is 2.40. The fourth-order valence-electron chi connectivity index (χ4n) is 11.9. The molecular weight excluding hydrogens is 822 g/mol. The van der Waals surface area contributed by atoms with Crippen LogP contribution < -0.4 is 15.1 Å². The third-order valence-electron chi connectivity index (χ3n) is 14.9. The zero-order valence-electron chi connectivity index (χ0n) is 38.5. The summed E-state index contributed by atoms with van der Waals surface area (Å²) in [5.74, 6) is 0.936. The van der Waals surface area contributed by atoms with Gasteiger partial charge in [0.2, 0.25) is 11.8 Å². The largest absolute Gasteiger partial charge is 0.381 e. The van der Waals surface area contributed by atoms with E-state index in [1.54, 1.807) is 11.1 Å². The number of hydrogen-bond acceptors (Lipinski definition) is 9. The Labute approximate surface area is 382 Å². The van der Waals surface area contributed by atoms with E-state index in [0.29, 0.717) is 43.0 Å². The molecule has 6 aliphatic heterocycles. The minimum Gasteiger partial charge on any atom is -0.381 e. The average Bonchev–Trinajstić information content (AvgIpc) is 3.80. The lowest BCUT2D eigenvalue weighted by Gasteiger charge is -2.45. The van der Waals surface area contributed by atoms with Crippen LogP contribution >= 0.6 is 0 Å². The number of imide groups is 1. The highest BCUT2D eigenvalue weighted by Crippen LogP contribution is 2.42. The lowest BCUT2D eigenvalue weighted by molar-refractivity contribution is -0.166. The molecule has 2 aromatic carbocycles. The van der Waals surface area contributed by atoms with Crippen molar-refractivity contribution in [2.75, 3.05) is 68.8 Å². The van der Waals surface area contributed by atoms with E-state index in [1.807, 2.05) is 24.4 Å². The maximum Gasteiger partial charge on any atom is 0.255 e. The molecule has 12 nitrogen and oxygen atoms in total. The molecule has 3 amide bonds. The third-order valence-corrected chi connectivity index (χ3v) is 14.9. The van der Waals surface area contributed by atoms with Gasteiger partial charge in [-0.05, 0) is 144 Å². The lowest BCUT2D eigenvalue weighted by Crippen LogP contribution is -2.52. The summed E-state index contributed by atoms with van der Waals surface area (Å²) in [6.07, 6.45) is 12.5. The Bertz CT molecular complexity index is 2460. The van der Waals surface area contributed by atoms with Crippen molar-refractivity contribution in [3.05, 3.63) is 95.1 Å². The topological polar surface area (TPSA) is 112 Å². The number of fused-ring (bicyclic) bond motifs is 2. The van der Waals surface area contributed by atoms with Gasteiger partial charge in [-0.1, -0.05) is 12.1 Å². The minimum absolute atomic E-state index is 0.133. The molecule has 4 aromatic rings. The second-order valence-electron chi connectivity index (χ2n) is 20.7. The zero-order valence-corrected chi connectivity index (χ0v) is 38.5. The summed E-state index contributed by atoms with van der Waals surface area (Å²) in [5, 5.41) is 3.04. The van der Waals surface area contributed by atoms with Gasteiger partial charge in [0.15, 0.2) is 0 Å². The fourth-order valence-corrected chi connectivity index (χ4v) is 11.9. The van der Waals surface area contributed by atoms with Crippen molar-refractivity contribution in [3.8, 4) is 0 Å². The predicted octanol–water partition coefficient (Wildman–Crippen LogP) is 7.74.